The van der Waals surface area contributed by atoms with E-state index in [1.54, 1.807) is 0 Å². The van der Waals surface area contributed by atoms with Crippen molar-refractivity contribution >= 4 is 16.7 Å². The Kier molecular flexibility index (Phi) is 3.55. The second-order valence-electron chi connectivity index (χ2n) is 3.84. The van der Waals surface area contributed by atoms with Crippen molar-refractivity contribution in [2.24, 2.45) is 0 Å². The molecule has 0 aliphatic rings. The Labute approximate surface area is 102 Å². The number of fused-ring (bicyclic) bond motifs is 1. The maximum absolute atomic E-state index is 4.64. The third kappa shape index (κ3) is 2.53. The molecule has 2 heteroatoms. The van der Waals surface area contributed by atoms with Crippen LogP contribution in [0.2, 0.25) is 0 Å². The van der Waals surface area contributed by atoms with E-state index in [1.165, 1.54) is 0 Å². The molecule has 0 unspecified atom stereocenters. The summed E-state index contributed by atoms with van der Waals surface area (Å²) >= 11 is 0. The largest absolute Gasteiger partial charge is 0.349 e. The number of pyridine rings is 1. The summed E-state index contributed by atoms with van der Waals surface area (Å²) in [7, 11) is 0. The number of nitrogens with zero attached hydrogens (tertiary/aromatic N) is 2. The summed E-state index contributed by atoms with van der Waals surface area (Å²) < 4.78 is 0. The van der Waals surface area contributed by atoms with Crippen molar-refractivity contribution in [3.8, 4) is 0 Å². The van der Waals surface area contributed by atoms with Gasteiger partial charge in [-0.3, -0.25) is 0 Å². The minimum atomic E-state index is 0.775. The molecule has 1 aromatic heterocycles. The van der Waals surface area contributed by atoms with Gasteiger partial charge >= 0.3 is 0 Å². The molecule has 0 saturated heterocycles. The Morgan fingerprint density at radius 2 is 1.71 bits per heavy atom. The lowest BCUT2D eigenvalue weighted by atomic mass is 10.2. The molecule has 0 N–H and O–H groups in total. The molecule has 2 nitrogen and oxygen atoms in total. The van der Waals surface area contributed by atoms with E-state index in [2.05, 4.69) is 35.2 Å². The fourth-order valence-corrected chi connectivity index (χ4v) is 1.80. The van der Waals surface area contributed by atoms with Gasteiger partial charge in [-0.25, -0.2) is 4.98 Å². The monoisotopic (exact) mass is 224 g/mol. The van der Waals surface area contributed by atoms with Crippen LogP contribution in [0, 0.1) is 0 Å². The SMILES string of the molecule is C=CCN(CC=C)c1ccc2ccccc2n1. The van der Waals surface area contributed by atoms with E-state index in [1.807, 2.05) is 36.4 Å². The molecule has 0 bridgehead atoms. The molecule has 0 spiro atoms. The highest BCUT2D eigenvalue weighted by Crippen LogP contribution is 2.17. The van der Waals surface area contributed by atoms with Gasteiger partial charge in [-0.2, -0.15) is 0 Å². The highest BCUT2D eigenvalue weighted by Gasteiger charge is 2.04. The van der Waals surface area contributed by atoms with Crippen LogP contribution in [0.1, 0.15) is 0 Å². The van der Waals surface area contributed by atoms with E-state index in [0.717, 1.165) is 29.8 Å². The van der Waals surface area contributed by atoms with Crippen LogP contribution >= 0.6 is 0 Å². The predicted molar refractivity (Wildman–Crippen MR) is 74.4 cm³/mol. The summed E-state index contributed by atoms with van der Waals surface area (Å²) in [6.07, 6.45) is 3.75. The number of para-hydroxylation sites is 1. The van der Waals surface area contributed by atoms with E-state index in [0.29, 0.717) is 0 Å². The van der Waals surface area contributed by atoms with Crippen molar-refractivity contribution in [2.75, 3.05) is 18.0 Å². The Bertz CT molecular complexity index is 521. The molecular weight excluding hydrogens is 208 g/mol. The lowest BCUT2D eigenvalue weighted by Crippen LogP contribution is -2.23. The van der Waals surface area contributed by atoms with E-state index < -0.39 is 0 Å². The average molecular weight is 224 g/mol. The Morgan fingerprint density at radius 3 is 2.41 bits per heavy atom. The molecule has 0 amide bonds. The van der Waals surface area contributed by atoms with Crippen LogP contribution in [0.15, 0.2) is 61.7 Å². The van der Waals surface area contributed by atoms with E-state index in [4.69, 9.17) is 0 Å². The van der Waals surface area contributed by atoms with Crippen molar-refractivity contribution in [1.29, 1.82) is 0 Å². The summed E-state index contributed by atoms with van der Waals surface area (Å²) in [5.74, 6) is 0.962. The van der Waals surface area contributed by atoms with Crippen LogP contribution in [0.3, 0.4) is 0 Å². The fraction of sp³-hybridized carbons (Fsp3) is 0.133. The van der Waals surface area contributed by atoms with Gasteiger partial charge in [-0.05, 0) is 18.2 Å². The standard InChI is InChI=1S/C15H16N2/c1-3-11-17(12-4-2)15-10-9-13-7-5-6-8-14(13)16-15/h3-10H,1-2,11-12H2. The van der Waals surface area contributed by atoms with Gasteiger partial charge in [0.25, 0.3) is 0 Å². The van der Waals surface area contributed by atoms with Crippen molar-refractivity contribution in [2.45, 2.75) is 0 Å². The minimum absolute atomic E-state index is 0.775. The van der Waals surface area contributed by atoms with Crippen molar-refractivity contribution in [3.05, 3.63) is 61.7 Å². The molecular formula is C15H16N2. The van der Waals surface area contributed by atoms with Gasteiger partial charge in [0.15, 0.2) is 0 Å². The van der Waals surface area contributed by atoms with Crippen molar-refractivity contribution < 1.29 is 0 Å². The first-order chi connectivity index (χ1) is 8.35. The topological polar surface area (TPSA) is 16.1 Å². The lowest BCUT2D eigenvalue weighted by molar-refractivity contribution is 0.932. The van der Waals surface area contributed by atoms with E-state index >= 15 is 0 Å². The van der Waals surface area contributed by atoms with Crippen molar-refractivity contribution in [3.63, 3.8) is 0 Å². The number of rotatable bonds is 5. The minimum Gasteiger partial charge on any atom is -0.349 e. The summed E-state index contributed by atoms with van der Waals surface area (Å²) in [5, 5.41) is 1.16. The van der Waals surface area contributed by atoms with Crippen LogP contribution in [0.5, 0.6) is 0 Å². The van der Waals surface area contributed by atoms with Crippen LogP contribution in [-0.2, 0) is 0 Å². The molecule has 0 aliphatic carbocycles. The Hall–Kier alpha value is -2.09. The number of benzene rings is 1. The number of anilines is 1. The summed E-state index contributed by atoms with van der Waals surface area (Å²) in [5.41, 5.74) is 1.02. The van der Waals surface area contributed by atoms with Crippen LogP contribution < -0.4 is 4.90 Å². The number of aromatic nitrogens is 1. The molecule has 1 aromatic carbocycles. The second-order valence-corrected chi connectivity index (χ2v) is 3.84. The first-order valence-corrected chi connectivity index (χ1v) is 5.67. The third-order valence-electron chi connectivity index (χ3n) is 2.61. The van der Waals surface area contributed by atoms with Crippen molar-refractivity contribution in [1.82, 2.24) is 4.98 Å². The van der Waals surface area contributed by atoms with Crippen LogP contribution in [0.25, 0.3) is 10.9 Å². The van der Waals surface area contributed by atoms with E-state index in [-0.39, 0.29) is 0 Å². The zero-order chi connectivity index (χ0) is 12.1. The Balaban J connectivity index is 2.39. The maximum atomic E-state index is 4.64. The average Bonchev–Trinajstić information content (AvgIpc) is 2.38. The number of hydrogen-bond acceptors (Lipinski definition) is 2. The highest BCUT2D eigenvalue weighted by molar-refractivity contribution is 5.80. The second kappa shape index (κ2) is 5.30. The van der Waals surface area contributed by atoms with Gasteiger partial charge in [-0.1, -0.05) is 30.4 Å². The third-order valence-corrected chi connectivity index (χ3v) is 2.61. The first kappa shape index (κ1) is 11.4. The fourth-order valence-electron chi connectivity index (χ4n) is 1.80. The molecule has 86 valence electrons. The Morgan fingerprint density at radius 1 is 1.00 bits per heavy atom. The predicted octanol–water partition coefficient (Wildman–Crippen LogP) is 3.41. The molecule has 1 heterocycles. The van der Waals surface area contributed by atoms with Gasteiger partial charge in [0, 0.05) is 18.5 Å². The molecule has 2 aromatic rings. The van der Waals surface area contributed by atoms with Crippen LogP contribution in [-0.4, -0.2) is 18.1 Å². The molecule has 0 saturated carbocycles. The molecule has 17 heavy (non-hydrogen) atoms. The molecule has 0 aliphatic heterocycles. The molecule has 0 fully saturated rings. The quantitative estimate of drug-likeness (QED) is 0.723. The van der Waals surface area contributed by atoms with Gasteiger partial charge in [0.05, 0.1) is 5.52 Å². The van der Waals surface area contributed by atoms with Gasteiger partial charge < -0.3 is 4.90 Å². The maximum Gasteiger partial charge on any atom is 0.129 e. The first-order valence-electron chi connectivity index (χ1n) is 5.67. The van der Waals surface area contributed by atoms with Crippen LogP contribution in [0.4, 0.5) is 5.82 Å². The zero-order valence-electron chi connectivity index (χ0n) is 9.84. The zero-order valence-corrected chi connectivity index (χ0v) is 9.84. The normalized spacial score (nSPS) is 10.1. The summed E-state index contributed by atoms with van der Waals surface area (Å²) in [6, 6.07) is 12.3. The van der Waals surface area contributed by atoms with Gasteiger partial charge in [0.1, 0.15) is 5.82 Å². The van der Waals surface area contributed by atoms with E-state index in [9.17, 15) is 0 Å². The molecule has 2 rings (SSSR count). The number of hydrogen-bond donors (Lipinski definition) is 0. The molecule has 0 radical (unpaired) electrons. The highest BCUT2D eigenvalue weighted by atomic mass is 15.2. The van der Waals surface area contributed by atoms with Gasteiger partial charge in [0.2, 0.25) is 0 Å². The van der Waals surface area contributed by atoms with Gasteiger partial charge in [-0.15, -0.1) is 13.2 Å². The molecule has 0 atom stereocenters. The lowest BCUT2D eigenvalue weighted by Gasteiger charge is -2.20. The smallest absolute Gasteiger partial charge is 0.129 e. The summed E-state index contributed by atoms with van der Waals surface area (Å²) in [6.45, 7) is 9.08. The summed E-state index contributed by atoms with van der Waals surface area (Å²) in [4.78, 5) is 6.77.